The van der Waals surface area contributed by atoms with Crippen molar-refractivity contribution >= 4 is 28.5 Å². The molecule has 23 heavy (non-hydrogen) atoms. The molecule has 1 aromatic carbocycles. The lowest BCUT2D eigenvalue weighted by Crippen LogP contribution is -2.11. The second kappa shape index (κ2) is 6.04. The van der Waals surface area contributed by atoms with E-state index >= 15 is 0 Å². The lowest BCUT2D eigenvalue weighted by molar-refractivity contribution is 1.01. The predicted octanol–water partition coefficient (Wildman–Crippen LogP) is 3.15. The van der Waals surface area contributed by atoms with Crippen LogP contribution in [0.3, 0.4) is 0 Å². The number of aromatic nitrogens is 3. The number of H-pyrrole nitrogens is 1. The summed E-state index contributed by atoms with van der Waals surface area (Å²) < 4.78 is 0. The van der Waals surface area contributed by atoms with E-state index in [0.29, 0.717) is 16.7 Å². The van der Waals surface area contributed by atoms with Crippen LogP contribution in [0.4, 0.5) is 5.82 Å². The van der Waals surface area contributed by atoms with Gasteiger partial charge in [0.2, 0.25) is 0 Å². The van der Waals surface area contributed by atoms with Crippen LogP contribution in [-0.2, 0) is 0 Å². The van der Waals surface area contributed by atoms with E-state index in [4.69, 9.17) is 0 Å². The monoisotopic (exact) mass is 326 g/mol. The maximum absolute atomic E-state index is 12.4. The Morgan fingerprint density at radius 2 is 1.87 bits per heavy atom. The molecular formula is C17H18N4OS. The van der Waals surface area contributed by atoms with Crippen molar-refractivity contribution in [1.29, 1.82) is 0 Å². The summed E-state index contributed by atoms with van der Waals surface area (Å²) in [6.45, 7) is 3.78. The molecule has 0 atom stereocenters. The van der Waals surface area contributed by atoms with Gasteiger partial charge in [-0.3, -0.25) is 4.79 Å². The number of hydrogen-bond acceptors (Lipinski definition) is 5. The van der Waals surface area contributed by atoms with Crippen molar-refractivity contribution in [2.24, 2.45) is 0 Å². The zero-order valence-electron chi connectivity index (χ0n) is 13.5. The number of fused-ring (bicyclic) bond motifs is 1. The SMILES string of the molecule is Cc1nc2ccc(C)c(Sc3cccc(N(C)C)n3)c2c(=O)[nH]1. The first-order chi connectivity index (χ1) is 11.0. The zero-order chi connectivity index (χ0) is 16.6. The number of aryl methyl sites for hydroxylation is 2. The lowest BCUT2D eigenvalue weighted by Gasteiger charge is -2.13. The van der Waals surface area contributed by atoms with E-state index in [-0.39, 0.29) is 5.56 Å². The molecule has 0 saturated carbocycles. The van der Waals surface area contributed by atoms with Crippen LogP contribution in [0.5, 0.6) is 0 Å². The Labute approximate surface area is 138 Å². The maximum atomic E-state index is 12.4. The minimum atomic E-state index is -0.109. The van der Waals surface area contributed by atoms with E-state index in [0.717, 1.165) is 21.3 Å². The summed E-state index contributed by atoms with van der Waals surface area (Å²) in [6, 6.07) is 9.76. The summed E-state index contributed by atoms with van der Waals surface area (Å²) in [5.41, 5.74) is 1.64. The molecule has 0 amide bonds. The van der Waals surface area contributed by atoms with Gasteiger partial charge in [-0.15, -0.1) is 0 Å². The average Bonchev–Trinajstić information content (AvgIpc) is 2.50. The highest BCUT2D eigenvalue weighted by molar-refractivity contribution is 7.99. The van der Waals surface area contributed by atoms with E-state index < -0.39 is 0 Å². The molecule has 0 spiro atoms. The third-order valence-corrected chi connectivity index (χ3v) is 4.68. The molecule has 0 radical (unpaired) electrons. The smallest absolute Gasteiger partial charge is 0.259 e. The standard InChI is InChI=1S/C17H18N4OS/c1-10-8-9-12-15(17(22)19-11(2)18-12)16(10)23-14-7-5-6-13(20-14)21(3)4/h5-9H,1-4H3,(H,18,19,22). The average molecular weight is 326 g/mol. The molecule has 3 aromatic rings. The van der Waals surface area contributed by atoms with Gasteiger partial charge in [0, 0.05) is 19.0 Å². The Morgan fingerprint density at radius 1 is 1.09 bits per heavy atom. The number of nitrogens with zero attached hydrogens (tertiary/aromatic N) is 3. The number of benzene rings is 1. The van der Waals surface area contributed by atoms with Gasteiger partial charge in [-0.25, -0.2) is 9.97 Å². The van der Waals surface area contributed by atoms with Crippen molar-refractivity contribution in [3.05, 3.63) is 52.1 Å². The fourth-order valence-corrected chi connectivity index (χ4v) is 3.39. The fraction of sp³-hybridized carbons (Fsp3) is 0.235. The van der Waals surface area contributed by atoms with E-state index in [1.54, 1.807) is 6.92 Å². The van der Waals surface area contributed by atoms with Gasteiger partial charge < -0.3 is 9.88 Å². The molecule has 6 heteroatoms. The van der Waals surface area contributed by atoms with Gasteiger partial charge in [-0.1, -0.05) is 23.9 Å². The van der Waals surface area contributed by atoms with E-state index in [2.05, 4.69) is 15.0 Å². The zero-order valence-corrected chi connectivity index (χ0v) is 14.4. The lowest BCUT2D eigenvalue weighted by atomic mass is 10.1. The van der Waals surface area contributed by atoms with Crippen LogP contribution in [0, 0.1) is 13.8 Å². The number of hydrogen-bond donors (Lipinski definition) is 1. The molecule has 0 saturated heterocycles. The third-order valence-electron chi connectivity index (χ3n) is 3.52. The van der Waals surface area contributed by atoms with E-state index in [1.807, 2.05) is 56.3 Å². The topological polar surface area (TPSA) is 61.9 Å². The largest absolute Gasteiger partial charge is 0.363 e. The highest BCUT2D eigenvalue weighted by Crippen LogP contribution is 2.33. The maximum Gasteiger partial charge on any atom is 0.259 e. The van der Waals surface area contributed by atoms with E-state index in [9.17, 15) is 4.79 Å². The molecular weight excluding hydrogens is 308 g/mol. The normalized spacial score (nSPS) is 11.0. The summed E-state index contributed by atoms with van der Waals surface area (Å²) in [6.07, 6.45) is 0. The predicted molar refractivity (Wildman–Crippen MR) is 94.5 cm³/mol. The summed E-state index contributed by atoms with van der Waals surface area (Å²) in [4.78, 5) is 27.1. The number of rotatable bonds is 3. The first-order valence-corrected chi connectivity index (χ1v) is 8.10. The Morgan fingerprint density at radius 3 is 2.61 bits per heavy atom. The number of pyridine rings is 1. The first kappa shape index (κ1) is 15.6. The first-order valence-electron chi connectivity index (χ1n) is 7.28. The van der Waals surface area contributed by atoms with Gasteiger partial charge >= 0.3 is 0 Å². The molecule has 3 rings (SSSR count). The molecule has 2 heterocycles. The van der Waals surface area contributed by atoms with Crippen LogP contribution < -0.4 is 10.5 Å². The highest BCUT2D eigenvalue weighted by atomic mass is 32.2. The van der Waals surface area contributed by atoms with Crippen molar-refractivity contribution in [3.8, 4) is 0 Å². The summed E-state index contributed by atoms with van der Waals surface area (Å²) in [7, 11) is 3.91. The fourth-order valence-electron chi connectivity index (χ4n) is 2.37. The Hall–Kier alpha value is -2.34. The van der Waals surface area contributed by atoms with Crippen LogP contribution >= 0.6 is 11.8 Å². The van der Waals surface area contributed by atoms with Crippen LogP contribution in [-0.4, -0.2) is 29.0 Å². The second-order valence-electron chi connectivity index (χ2n) is 5.59. The van der Waals surface area contributed by atoms with Gasteiger partial charge in [-0.05, 0) is 37.6 Å². The van der Waals surface area contributed by atoms with Crippen LogP contribution in [0.2, 0.25) is 0 Å². The highest BCUT2D eigenvalue weighted by Gasteiger charge is 2.13. The van der Waals surface area contributed by atoms with Gasteiger partial charge in [0.1, 0.15) is 16.7 Å². The van der Waals surface area contributed by atoms with E-state index in [1.165, 1.54) is 11.8 Å². The van der Waals surface area contributed by atoms with Crippen LogP contribution in [0.25, 0.3) is 10.9 Å². The second-order valence-corrected chi connectivity index (χ2v) is 6.62. The van der Waals surface area contributed by atoms with Gasteiger partial charge in [0.25, 0.3) is 5.56 Å². The van der Waals surface area contributed by atoms with Crippen molar-refractivity contribution in [2.45, 2.75) is 23.8 Å². The minimum absolute atomic E-state index is 0.109. The van der Waals surface area contributed by atoms with Crippen molar-refractivity contribution < 1.29 is 0 Å². The van der Waals surface area contributed by atoms with Gasteiger partial charge in [0.15, 0.2) is 0 Å². The molecule has 0 bridgehead atoms. The summed E-state index contributed by atoms with van der Waals surface area (Å²) >= 11 is 1.50. The molecule has 0 aliphatic heterocycles. The van der Waals surface area contributed by atoms with Crippen molar-refractivity contribution in [1.82, 2.24) is 15.0 Å². The Balaban J connectivity index is 2.15. The Bertz CT molecular complexity index is 934. The van der Waals surface area contributed by atoms with Crippen molar-refractivity contribution in [3.63, 3.8) is 0 Å². The molecule has 0 fully saturated rings. The molecule has 1 N–H and O–H groups in total. The summed E-state index contributed by atoms with van der Waals surface area (Å²) in [5.74, 6) is 1.51. The minimum Gasteiger partial charge on any atom is -0.363 e. The quantitative estimate of drug-likeness (QED) is 0.801. The molecule has 2 aromatic heterocycles. The molecule has 118 valence electrons. The molecule has 0 aliphatic carbocycles. The third kappa shape index (κ3) is 3.07. The molecule has 0 unspecified atom stereocenters. The summed E-state index contributed by atoms with van der Waals surface area (Å²) in [5, 5.41) is 1.48. The number of nitrogens with one attached hydrogen (secondary N) is 1. The van der Waals surface area contributed by atoms with Crippen LogP contribution in [0.15, 0.2) is 45.0 Å². The van der Waals surface area contributed by atoms with Crippen molar-refractivity contribution in [2.75, 3.05) is 19.0 Å². The van der Waals surface area contributed by atoms with Gasteiger partial charge in [0.05, 0.1) is 10.9 Å². The molecule has 0 aliphatic rings. The number of anilines is 1. The molecule has 5 nitrogen and oxygen atoms in total. The number of aromatic amines is 1. The Kier molecular flexibility index (Phi) is 4.09. The van der Waals surface area contributed by atoms with Crippen LogP contribution in [0.1, 0.15) is 11.4 Å². The van der Waals surface area contributed by atoms with Gasteiger partial charge in [-0.2, -0.15) is 0 Å².